The van der Waals surface area contributed by atoms with Gasteiger partial charge in [0.2, 0.25) is 5.91 Å². The minimum absolute atomic E-state index is 0.0869. The molecule has 3 nitrogen and oxygen atoms in total. The summed E-state index contributed by atoms with van der Waals surface area (Å²) in [6, 6.07) is 6.58. The average molecular weight is 246 g/mol. The van der Waals surface area contributed by atoms with Crippen LogP contribution < -0.4 is 10.6 Å². The van der Waals surface area contributed by atoms with Gasteiger partial charge < -0.3 is 10.6 Å². The Morgan fingerprint density at radius 2 is 2.11 bits per heavy atom. The normalized spacial score (nSPS) is 18.3. The first-order chi connectivity index (χ1) is 8.46. The van der Waals surface area contributed by atoms with Crippen molar-refractivity contribution in [2.45, 2.75) is 45.6 Å². The molecule has 1 aromatic rings. The molecule has 3 heteroatoms. The summed E-state index contributed by atoms with van der Waals surface area (Å²) in [4.78, 5) is 11.9. The maximum atomic E-state index is 11.9. The number of benzene rings is 1. The largest absolute Gasteiger partial charge is 0.325 e. The molecule has 1 heterocycles. The van der Waals surface area contributed by atoms with Crippen LogP contribution in [0.1, 0.15) is 51.3 Å². The highest BCUT2D eigenvalue weighted by molar-refractivity contribution is 6.05. The van der Waals surface area contributed by atoms with Crippen molar-refractivity contribution in [3.63, 3.8) is 0 Å². The highest BCUT2D eigenvalue weighted by atomic mass is 16.2. The summed E-state index contributed by atoms with van der Waals surface area (Å²) in [5.41, 5.74) is 2.88. The van der Waals surface area contributed by atoms with E-state index in [-0.39, 0.29) is 5.91 Å². The first kappa shape index (κ1) is 13.1. The number of nitrogens with one attached hydrogen (secondary N) is 2. The lowest BCUT2D eigenvalue weighted by molar-refractivity contribution is -0.119. The maximum Gasteiger partial charge on any atom is 0.234 e. The quantitative estimate of drug-likeness (QED) is 0.857. The predicted molar refractivity (Wildman–Crippen MR) is 74.8 cm³/mol. The molecular weight excluding hydrogens is 224 g/mol. The number of fused-ring (bicyclic) bond motifs is 1. The predicted octanol–water partition coefficient (Wildman–Crippen LogP) is 2.98. The molecule has 1 atom stereocenters. The smallest absolute Gasteiger partial charge is 0.234 e. The van der Waals surface area contributed by atoms with Gasteiger partial charge in [-0.15, -0.1) is 0 Å². The Hall–Kier alpha value is -1.35. The monoisotopic (exact) mass is 246 g/mol. The maximum absolute atomic E-state index is 11.9. The van der Waals surface area contributed by atoms with Crippen molar-refractivity contribution in [3.8, 4) is 0 Å². The van der Waals surface area contributed by atoms with Gasteiger partial charge in [0.1, 0.15) is 0 Å². The third-order valence-corrected chi connectivity index (χ3v) is 3.73. The van der Waals surface area contributed by atoms with Crippen LogP contribution in [0.3, 0.4) is 0 Å². The van der Waals surface area contributed by atoms with E-state index in [1.807, 2.05) is 19.9 Å². The van der Waals surface area contributed by atoms with Crippen molar-refractivity contribution >= 4 is 11.6 Å². The molecule has 0 aromatic heterocycles. The minimum Gasteiger partial charge on any atom is -0.325 e. The fourth-order valence-electron chi connectivity index (χ4n) is 2.34. The van der Waals surface area contributed by atoms with Gasteiger partial charge in [-0.05, 0) is 50.9 Å². The summed E-state index contributed by atoms with van der Waals surface area (Å²) in [5, 5.41) is 6.41. The van der Waals surface area contributed by atoms with Gasteiger partial charge in [-0.1, -0.05) is 19.1 Å². The second kappa shape index (κ2) is 4.73. The molecule has 98 valence electrons. The van der Waals surface area contributed by atoms with Gasteiger partial charge in [-0.3, -0.25) is 4.79 Å². The lowest BCUT2D eigenvalue weighted by Crippen LogP contribution is -2.27. The molecule has 0 aliphatic carbocycles. The summed E-state index contributed by atoms with van der Waals surface area (Å²) >= 11 is 0. The average Bonchev–Trinajstić information content (AvgIpc) is 2.57. The van der Waals surface area contributed by atoms with Crippen LogP contribution in [0, 0.1) is 0 Å². The van der Waals surface area contributed by atoms with Gasteiger partial charge in [0.25, 0.3) is 0 Å². The molecule has 1 aliphatic heterocycles. The van der Waals surface area contributed by atoms with Crippen molar-refractivity contribution in [3.05, 3.63) is 29.3 Å². The van der Waals surface area contributed by atoms with Crippen molar-refractivity contribution < 1.29 is 4.79 Å². The number of hydrogen-bond acceptors (Lipinski definition) is 2. The van der Waals surface area contributed by atoms with Crippen LogP contribution in [0.4, 0.5) is 5.69 Å². The Bertz CT molecular complexity index is 466. The van der Waals surface area contributed by atoms with Crippen molar-refractivity contribution in [2.75, 3.05) is 11.9 Å². The number of hydrogen-bond donors (Lipinski definition) is 2. The second-order valence-corrected chi connectivity index (χ2v) is 5.56. The van der Waals surface area contributed by atoms with Gasteiger partial charge in [0.05, 0.1) is 5.41 Å². The fraction of sp³-hybridized carbons (Fsp3) is 0.533. The molecule has 2 rings (SSSR count). The molecule has 2 N–H and O–H groups in total. The van der Waals surface area contributed by atoms with Crippen LogP contribution >= 0.6 is 0 Å². The summed E-state index contributed by atoms with van der Waals surface area (Å²) in [6.45, 7) is 9.28. The lowest BCUT2D eigenvalue weighted by atomic mass is 9.85. The summed E-state index contributed by atoms with van der Waals surface area (Å²) in [7, 11) is 0. The Morgan fingerprint density at radius 1 is 1.39 bits per heavy atom. The standard InChI is InChI=1S/C15H22N2O/c1-5-8-16-10(2)11-6-7-13-12(9-11)15(3,4)14(18)17-13/h6-7,9-10,16H,5,8H2,1-4H3,(H,17,18). The van der Waals surface area contributed by atoms with Crippen LogP contribution in [0.2, 0.25) is 0 Å². The highest BCUT2D eigenvalue weighted by Gasteiger charge is 2.38. The third-order valence-electron chi connectivity index (χ3n) is 3.73. The van der Waals surface area contributed by atoms with E-state index in [9.17, 15) is 4.79 Å². The summed E-state index contributed by atoms with van der Waals surface area (Å²) in [5.74, 6) is 0.0869. The van der Waals surface area contributed by atoms with E-state index in [2.05, 4.69) is 36.6 Å². The molecule has 0 saturated carbocycles. The second-order valence-electron chi connectivity index (χ2n) is 5.56. The van der Waals surface area contributed by atoms with Crippen LogP contribution in [-0.4, -0.2) is 12.5 Å². The van der Waals surface area contributed by atoms with Gasteiger partial charge in [0.15, 0.2) is 0 Å². The molecule has 0 fully saturated rings. The molecule has 0 bridgehead atoms. The van der Waals surface area contributed by atoms with Crippen molar-refractivity contribution in [1.29, 1.82) is 0 Å². The first-order valence-electron chi connectivity index (χ1n) is 6.66. The Morgan fingerprint density at radius 3 is 2.78 bits per heavy atom. The number of amides is 1. The van der Waals surface area contributed by atoms with Crippen LogP contribution in [-0.2, 0) is 10.2 Å². The van der Waals surface area contributed by atoms with E-state index in [1.165, 1.54) is 5.56 Å². The molecule has 1 aliphatic rings. The van der Waals surface area contributed by atoms with Crippen LogP contribution in [0.25, 0.3) is 0 Å². The first-order valence-corrected chi connectivity index (χ1v) is 6.66. The van der Waals surface area contributed by atoms with E-state index >= 15 is 0 Å². The highest BCUT2D eigenvalue weighted by Crippen LogP contribution is 2.38. The lowest BCUT2D eigenvalue weighted by Gasteiger charge is -2.18. The number of carbonyl (C=O) groups excluding carboxylic acids is 1. The molecule has 1 unspecified atom stereocenters. The fourth-order valence-corrected chi connectivity index (χ4v) is 2.34. The molecule has 18 heavy (non-hydrogen) atoms. The molecule has 1 amide bonds. The van der Waals surface area contributed by atoms with E-state index in [0.29, 0.717) is 6.04 Å². The topological polar surface area (TPSA) is 41.1 Å². The Balaban J connectivity index is 2.28. The molecular formula is C15H22N2O. The van der Waals surface area contributed by atoms with Crippen LogP contribution in [0.5, 0.6) is 0 Å². The zero-order chi connectivity index (χ0) is 13.3. The molecule has 0 radical (unpaired) electrons. The van der Waals surface area contributed by atoms with E-state index in [4.69, 9.17) is 0 Å². The van der Waals surface area contributed by atoms with Crippen molar-refractivity contribution in [1.82, 2.24) is 5.32 Å². The third kappa shape index (κ3) is 2.15. The zero-order valence-electron chi connectivity index (χ0n) is 11.6. The van der Waals surface area contributed by atoms with Gasteiger partial charge in [0, 0.05) is 11.7 Å². The molecule has 0 spiro atoms. The van der Waals surface area contributed by atoms with Crippen LogP contribution in [0.15, 0.2) is 18.2 Å². The SMILES string of the molecule is CCCNC(C)c1ccc2c(c1)C(C)(C)C(=O)N2. The number of anilines is 1. The molecule has 1 aromatic carbocycles. The zero-order valence-corrected chi connectivity index (χ0v) is 11.6. The Labute approximate surface area is 109 Å². The summed E-state index contributed by atoms with van der Waals surface area (Å²) in [6.07, 6.45) is 1.13. The number of carbonyl (C=O) groups is 1. The Kier molecular flexibility index (Phi) is 3.44. The van der Waals surface area contributed by atoms with E-state index in [0.717, 1.165) is 24.2 Å². The van der Waals surface area contributed by atoms with E-state index in [1.54, 1.807) is 0 Å². The van der Waals surface area contributed by atoms with Gasteiger partial charge >= 0.3 is 0 Å². The molecule has 0 saturated heterocycles. The minimum atomic E-state index is -0.421. The van der Waals surface area contributed by atoms with E-state index < -0.39 is 5.41 Å². The van der Waals surface area contributed by atoms with Gasteiger partial charge in [-0.25, -0.2) is 0 Å². The number of rotatable bonds is 4. The summed E-state index contributed by atoms with van der Waals surface area (Å²) < 4.78 is 0. The van der Waals surface area contributed by atoms with Gasteiger partial charge in [-0.2, -0.15) is 0 Å². The van der Waals surface area contributed by atoms with Crippen molar-refractivity contribution in [2.24, 2.45) is 0 Å².